The minimum atomic E-state index is -0.00186. The largest absolute Gasteiger partial charge is 0.381 e. The molecule has 0 aliphatic carbocycles. The summed E-state index contributed by atoms with van der Waals surface area (Å²) in [7, 11) is 1.74. The van der Waals surface area contributed by atoms with E-state index in [2.05, 4.69) is 10.5 Å². The molecule has 1 N–H and O–H groups in total. The van der Waals surface area contributed by atoms with E-state index < -0.39 is 0 Å². The topological polar surface area (TPSA) is 67.6 Å². The van der Waals surface area contributed by atoms with Crippen molar-refractivity contribution in [3.05, 3.63) is 17.5 Å². The fourth-order valence-corrected chi connectivity index (χ4v) is 2.44. The molecule has 112 valence electrons. The fraction of sp³-hybridized carbons (Fsp3) is 0.714. The molecular formula is C14H23N3O3. The molecule has 1 fully saturated rings. The number of ether oxygens (including phenoxy) is 1. The summed E-state index contributed by atoms with van der Waals surface area (Å²) in [6, 6.07) is 1.89. The second-order valence-electron chi connectivity index (χ2n) is 5.19. The number of carbonyl (C=O) groups excluding carboxylic acids is 1. The molecule has 6 heteroatoms. The summed E-state index contributed by atoms with van der Waals surface area (Å²) < 4.78 is 10.5. The highest BCUT2D eigenvalue weighted by atomic mass is 16.5. The van der Waals surface area contributed by atoms with E-state index in [1.807, 2.05) is 17.9 Å². The van der Waals surface area contributed by atoms with Crippen molar-refractivity contribution in [2.24, 2.45) is 0 Å². The number of rotatable bonds is 4. The SMILES string of the molecule is COC1CCCN(C(=O)NCCc2cc(C)no2)CC1. The van der Waals surface area contributed by atoms with Crippen LogP contribution >= 0.6 is 0 Å². The third-order valence-electron chi connectivity index (χ3n) is 3.62. The Bertz CT molecular complexity index is 433. The van der Waals surface area contributed by atoms with Gasteiger partial charge in [-0.25, -0.2) is 4.79 Å². The molecule has 2 heterocycles. The molecule has 1 atom stereocenters. The smallest absolute Gasteiger partial charge is 0.317 e. The zero-order chi connectivity index (χ0) is 14.4. The van der Waals surface area contributed by atoms with Crippen LogP contribution in [0, 0.1) is 6.92 Å². The molecule has 1 unspecified atom stereocenters. The number of methoxy groups -OCH3 is 1. The van der Waals surface area contributed by atoms with Crippen molar-refractivity contribution in [3.8, 4) is 0 Å². The van der Waals surface area contributed by atoms with Crippen LogP contribution in [0.1, 0.15) is 30.7 Å². The van der Waals surface area contributed by atoms with Gasteiger partial charge in [0, 0.05) is 39.2 Å². The monoisotopic (exact) mass is 281 g/mol. The first-order valence-corrected chi connectivity index (χ1v) is 7.17. The number of likely N-dealkylation sites (tertiary alicyclic amines) is 1. The van der Waals surface area contributed by atoms with Gasteiger partial charge in [0.2, 0.25) is 0 Å². The van der Waals surface area contributed by atoms with Crippen LogP contribution < -0.4 is 5.32 Å². The molecule has 2 rings (SSSR count). The minimum Gasteiger partial charge on any atom is -0.381 e. The molecule has 1 aliphatic heterocycles. The molecule has 2 amide bonds. The highest BCUT2D eigenvalue weighted by Gasteiger charge is 2.19. The van der Waals surface area contributed by atoms with Crippen molar-refractivity contribution in [3.63, 3.8) is 0 Å². The van der Waals surface area contributed by atoms with Gasteiger partial charge in [-0.05, 0) is 26.2 Å². The predicted octanol–water partition coefficient (Wildman–Crippen LogP) is 1.74. The van der Waals surface area contributed by atoms with Crippen LogP contribution in [0.3, 0.4) is 0 Å². The average Bonchev–Trinajstić information content (AvgIpc) is 2.72. The van der Waals surface area contributed by atoms with E-state index in [9.17, 15) is 4.79 Å². The Hall–Kier alpha value is -1.56. The number of aryl methyl sites for hydroxylation is 1. The molecule has 0 bridgehead atoms. The lowest BCUT2D eigenvalue weighted by Gasteiger charge is -2.20. The van der Waals surface area contributed by atoms with Crippen molar-refractivity contribution in [2.45, 2.75) is 38.7 Å². The lowest BCUT2D eigenvalue weighted by Crippen LogP contribution is -2.41. The van der Waals surface area contributed by atoms with Crippen LogP contribution in [-0.4, -0.2) is 48.9 Å². The van der Waals surface area contributed by atoms with Gasteiger partial charge in [0.25, 0.3) is 0 Å². The predicted molar refractivity (Wildman–Crippen MR) is 74.6 cm³/mol. The fourth-order valence-electron chi connectivity index (χ4n) is 2.44. The Morgan fingerprint density at radius 3 is 3.10 bits per heavy atom. The summed E-state index contributed by atoms with van der Waals surface area (Å²) in [5, 5.41) is 6.75. The first-order chi connectivity index (χ1) is 9.69. The van der Waals surface area contributed by atoms with Gasteiger partial charge in [-0.15, -0.1) is 0 Å². The number of urea groups is 1. The van der Waals surface area contributed by atoms with E-state index in [-0.39, 0.29) is 12.1 Å². The molecule has 1 aromatic rings. The highest BCUT2D eigenvalue weighted by Crippen LogP contribution is 2.13. The standard InChI is InChI=1S/C14H23N3O3/c1-11-10-13(20-16-11)5-7-15-14(18)17-8-3-4-12(19-2)6-9-17/h10,12H,3-9H2,1-2H3,(H,15,18). The van der Waals surface area contributed by atoms with Crippen LogP contribution in [0.25, 0.3) is 0 Å². The molecule has 0 spiro atoms. The summed E-state index contributed by atoms with van der Waals surface area (Å²) in [6.07, 6.45) is 3.88. The Morgan fingerprint density at radius 1 is 1.55 bits per heavy atom. The van der Waals surface area contributed by atoms with Crippen molar-refractivity contribution < 1.29 is 14.1 Å². The minimum absolute atomic E-state index is 0.00186. The number of hydrogen-bond donors (Lipinski definition) is 1. The van der Waals surface area contributed by atoms with Crippen LogP contribution in [0.4, 0.5) is 4.79 Å². The summed E-state index contributed by atoms with van der Waals surface area (Å²) in [6.45, 7) is 4.01. The van der Waals surface area contributed by atoms with Gasteiger partial charge < -0.3 is 19.5 Å². The van der Waals surface area contributed by atoms with Crippen molar-refractivity contribution >= 4 is 6.03 Å². The van der Waals surface area contributed by atoms with E-state index >= 15 is 0 Å². The molecule has 0 aromatic carbocycles. The zero-order valence-electron chi connectivity index (χ0n) is 12.2. The Kier molecular flexibility index (Phi) is 5.40. The van der Waals surface area contributed by atoms with E-state index in [1.165, 1.54) is 0 Å². The third-order valence-corrected chi connectivity index (χ3v) is 3.62. The van der Waals surface area contributed by atoms with E-state index in [4.69, 9.17) is 9.26 Å². The molecule has 0 saturated carbocycles. The van der Waals surface area contributed by atoms with Crippen LogP contribution in [-0.2, 0) is 11.2 Å². The quantitative estimate of drug-likeness (QED) is 0.912. The highest BCUT2D eigenvalue weighted by molar-refractivity contribution is 5.74. The molecule has 1 aliphatic rings. The number of aromatic nitrogens is 1. The van der Waals surface area contributed by atoms with Gasteiger partial charge in [-0.3, -0.25) is 0 Å². The maximum absolute atomic E-state index is 12.1. The van der Waals surface area contributed by atoms with Gasteiger partial charge in [0.15, 0.2) is 0 Å². The Labute approximate surface area is 119 Å². The lowest BCUT2D eigenvalue weighted by atomic mass is 10.2. The first-order valence-electron chi connectivity index (χ1n) is 7.17. The lowest BCUT2D eigenvalue weighted by molar-refractivity contribution is 0.0906. The van der Waals surface area contributed by atoms with Crippen LogP contribution in [0.15, 0.2) is 10.6 Å². The third kappa shape index (κ3) is 4.23. The van der Waals surface area contributed by atoms with Crippen molar-refractivity contribution in [1.82, 2.24) is 15.4 Å². The molecule has 1 saturated heterocycles. The van der Waals surface area contributed by atoms with E-state index in [1.54, 1.807) is 7.11 Å². The number of carbonyl (C=O) groups is 1. The zero-order valence-corrected chi connectivity index (χ0v) is 12.2. The van der Waals surface area contributed by atoms with E-state index in [0.717, 1.165) is 43.8 Å². The summed E-state index contributed by atoms with van der Waals surface area (Å²) in [5.74, 6) is 0.804. The number of amides is 2. The number of nitrogens with zero attached hydrogens (tertiary/aromatic N) is 2. The maximum Gasteiger partial charge on any atom is 0.317 e. The second-order valence-corrected chi connectivity index (χ2v) is 5.19. The normalized spacial score (nSPS) is 19.7. The second kappa shape index (κ2) is 7.28. The van der Waals surface area contributed by atoms with Gasteiger partial charge >= 0.3 is 6.03 Å². The van der Waals surface area contributed by atoms with Gasteiger partial charge in [-0.1, -0.05) is 5.16 Å². The average molecular weight is 281 g/mol. The van der Waals surface area contributed by atoms with Crippen molar-refractivity contribution in [2.75, 3.05) is 26.7 Å². The van der Waals surface area contributed by atoms with Gasteiger partial charge in [0.05, 0.1) is 11.8 Å². The number of hydrogen-bond acceptors (Lipinski definition) is 4. The van der Waals surface area contributed by atoms with Crippen LogP contribution in [0.2, 0.25) is 0 Å². The molecule has 0 radical (unpaired) electrons. The summed E-state index contributed by atoms with van der Waals surface area (Å²) in [5.41, 5.74) is 0.865. The summed E-state index contributed by atoms with van der Waals surface area (Å²) in [4.78, 5) is 13.9. The van der Waals surface area contributed by atoms with Crippen molar-refractivity contribution in [1.29, 1.82) is 0 Å². The summed E-state index contributed by atoms with van der Waals surface area (Å²) >= 11 is 0. The Morgan fingerprint density at radius 2 is 2.40 bits per heavy atom. The van der Waals surface area contributed by atoms with E-state index in [0.29, 0.717) is 13.0 Å². The molecule has 6 nitrogen and oxygen atoms in total. The van der Waals surface area contributed by atoms with Gasteiger partial charge in [0.1, 0.15) is 5.76 Å². The molecule has 1 aromatic heterocycles. The molecule has 20 heavy (non-hydrogen) atoms. The van der Waals surface area contributed by atoms with Crippen LogP contribution in [0.5, 0.6) is 0 Å². The molecular weight excluding hydrogens is 258 g/mol. The maximum atomic E-state index is 12.1. The van der Waals surface area contributed by atoms with Gasteiger partial charge in [-0.2, -0.15) is 0 Å². The number of nitrogens with one attached hydrogen (secondary N) is 1. The Balaban J connectivity index is 1.71. The first kappa shape index (κ1) is 14.8.